The summed E-state index contributed by atoms with van der Waals surface area (Å²) in [7, 11) is 0. The molecule has 0 atom stereocenters. The van der Waals surface area contributed by atoms with Crippen molar-refractivity contribution in [1.82, 2.24) is 9.78 Å². The number of ether oxygens (including phenoxy) is 2. The molecule has 1 N–H and O–H groups in total. The molecule has 0 aliphatic carbocycles. The SMILES string of the molecule is O=C(/C=C/c1ccc2c(c1)OCO2)Nc1ccn(Cc2ccccc2)n1. The van der Waals surface area contributed by atoms with E-state index in [9.17, 15) is 4.79 Å². The normalized spacial score (nSPS) is 12.5. The number of carbonyl (C=O) groups excluding carboxylic acids is 1. The van der Waals surface area contributed by atoms with Crippen molar-refractivity contribution in [2.75, 3.05) is 12.1 Å². The maximum Gasteiger partial charge on any atom is 0.249 e. The van der Waals surface area contributed by atoms with Crippen molar-refractivity contribution in [3.8, 4) is 11.5 Å². The first-order chi connectivity index (χ1) is 12.8. The lowest BCUT2D eigenvalue weighted by Gasteiger charge is -2.01. The minimum atomic E-state index is -0.243. The van der Waals surface area contributed by atoms with Crippen LogP contribution in [0.3, 0.4) is 0 Å². The van der Waals surface area contributed by atoms with Gasteiger partial charge in [-0.25, -0.2) is 0 Å². The summed E-state index contributed by atoms with van der Waals surface area (Å²) in [6, 6.07) is 17.3. The van der Waals surface area contributed by atoms with Gasteiger partial charge in [-0.05, 0) is 29.3 Å². The van der Waals surface area contributed by atoms with E-state index in [1.165, 1.54) is 6.08 Å². The van der Waals surface area contributed by atoms with Gasteiger partial charge in [-0.3, -0.25) is 9.48 Å². The maximum atomic E-state index is 12.1. The number of hydrogen-bond donors (Lipinski definition) is 1. The van der Waals surface area contributed by atoms with Gasteiger partial charge in [0.1, 0.15) is 0 Å². The number of fused-ring (bicyclic) bond motifs is 1. The molecule has 1 aliphatic heterocycles. The Morgan fingerprint density at radius 3 is 2.85 bits per heavy atom. The second-order valence-corrected chi connectivity index (χ2v) is 5.82. The van der Waals surface area contributed by atoms with Gasteiger partial charge < -0.3 is 14.8 Å². The van der Waals surface area contributed by atoms with Gasteiger partial charge >= 0.3 is 0 Å². The van der Waals surface area contributed by atoms with Gasteiger partial charge in [0.25, 0.3) is 0 Å². The van der Waals surface area contributed by atoms with Gasteiger partial charge in [0.2, 0.25) is 12.7 Å². The fraction of sp³-hybridized carbons (Fsp3) is 0.100. The highest BCUT2D eigenvalue weighted by molar-refractivity contribution is 6.01. The zero-order chi connectivity index (χ0) is 17.8. The summed E-state index contributed by atoms with van der Waals surface area (Å²) in [6.45, 7) is 0.887. The van der Waals surface area contributed by atoms with E-state index in [1.54, 1.807) is 16.8 Å². The van der Waals surface area contributed by atoms with Crippen LogP contribution in [0.1, 0.15) is 11.1 Å². The molecule has 130 valence electrons. The molecular formula is C20H17N3O3. The van der Waals surface area contributed by atoms with Crippen molar-refractivity contribution in [3.05, 3.63) is 78.0 Å². The van der Waals surface area contributed by atoms with Crippen LogP contribution < -0.4 is 14.8 Å². The van der Waals surface area contributed by atoms with E-state index in [1.807, 2.05) is 54.7 Å². The third-order valence-corrected chi connectivity index (χ3v) is 3.90. The van der Waals surface area contributed by atoms with E-state index in [0.29, 0.717) is 18.1 Å². The van der Waals surface area contributed by atoms with Gasteiger partial charge in [0, 0.05) is 18.3 Å². The summed E-state index contributed by atoms with van der Waals surface area (Å²) < 4.78 is 12.4. The van der Waals surface area contributed by atoms with Crippen LogP contribution in [-0.4, -0.2) is 22.5 Å². The Hall–Kier alpha value is -3.54. The van der Waals surface area contributed by atoms with Gasteiger partial charge in [0.05, 0.1) is 6.54 Å². The fourth-order valence-corrected chi connectivity index (χ4v) is 2.64. The van der Waals surface area contributed by atoms with E-state index in [-0.39, 0.29) is 12.7 Å². The number of anilines is 1. The van der Waals surface area contributed by atoms with Crippen molar-refractivity contribution < 1.29 is 14.3 Å². The van der Waals surface area contributed by atoms with Crippen molar-refractivity contribution in [2.24, 2.45) is 0 Å². The average Bonchev–Trinajstić information content (AvgIpc) is 3.29. The topological polar surface area (TPSA) is 65.4 Å². The number of hydrogen-bond acceptors (Lipinski definition) is 4. The summed E-state index contributed by atoms with van der Waals surface area (Å²) in [5.74, 6) is 1.68. The maximum absolute atomic E-state index is 12.1. The van der Waals surface area contributed by atoms with E-state index < -0.39 is 0 Å². The fourth-order valence-electron chi connectivity index (χ4n) is 2.64. The van der Waals surface area contributed by atoms with Gasteiger partial charge in [-0.15, -0.1) is 0 Å². The Bertz CT molecular complexity index is 948. The molecule has 2 heterocycles. The Kier molecular flexibility index (Phi) is 4.38. The molecule has 1 amide bonds. The van der Waals surface area contributed by atoms with Crippen molar-refractivity contribution in [1.29, 1.82) is 0 Å². The van der Waals surface area contributed by atoms with Crippen LogP contribution in [0.4, 0.5) is 5.82 Å². The molecule has 0 saturated carbocycles. The van der Waals surface area contributed by atoms with Crippen LogP contribution in [0.5, 0.6) is 11.5 Å². The molecule has 6 heteroatoms. The highest BCUT2D eigenvalue weighted by Gasteiger charge is 2.12. The van der Waals surface area contributed by atoms with Gasteiger partial charge in [-0.2, -0.15) is 5.10 Å². The third kappa shape index (κ3) is 3.75. The molecule has 2 aromatic carbocycles. The first kappa shape index (κ1) is 16.0. The van der Waals surface area contributed by atoms with E-state index in [4.69, 9.17) is 9.47 Å². The lowest BCUT2D eigenvalue weighted by atomic mass is 10.2. The largest absolute Gasteiger partial charge is 0.454 e. The number of aromatic nitrogens is 2. The lowest BCUT2D eigenvalue weighted by molar-refractivity contribution is -0.111. The van der Waals surface area contributed by atoms with Crippen LogP contribution in [0.2, 0.25) is 0 Å². The van der Waals surface area contributed by atoms with Crippen LogP contribution in [0.25, 0.3) is 6.08 Å². The second-order valence-electron chi connectivity index (χ2n) is 5.82. The number of nitrogens with one attached hydrogen (secondary N) is 1. The first-order valence-electron chi connectivity index (χ1n) is 8.22. The standard InChI is InChI=1S/C20H17N3O3/c24-20(9-7-15-6-8-17-18(12-15)26-14-25-17)21-19-10-11-23(22-19)13-16-4-2-1-3-5-16/h1-12H,13-14H2,(H,21,22,24)/b9-7+. The molecule has 1 aromatic heterocycles. The van der Waals surface area contributed by atoms with Crippen molar-refractivity contribution in [3.63, 3.8) is 0 Å². The van der Waals surface area contributed by atoms with E-state index in [2.05, 4.69) is 10.4 Å². The lowest BCUT2D eigenvalue weighted by Crippen LogP contribution is -2.09. The molecule has 1 aliphatic rings. The zero-order valence-electron chi connectivity index (χ0n) is 14.0. The summed E-state index contributed by atoms with van der Waals surface area (Å²) in [5, 5.41) is 7.12. The average molecular weight is 347 g/mol. The molecule has 0 saturated heterocycles. The predicted molar refractivity (Wildman–Crippen MR) is 98.0 cm³/mol. The number of rotatable bonds is 5. The summed E-state index contributed by atoms with van der Waals surface area (Å²) >= 11 is 0. The molecule has 0 spiro atoms. The van der Waals surface area contributed by atoms with Crippen LogP contribution >= 0.6 is 0 Å². The number of benzene rings is 2. The molecule has 0 unspecified atom stereocenters. The molecule has 6 nitrogen and oxygen atoms in total. The minimum Gasteiger partial charge on any atom is -0.454 e. The number of carbonyl (C=O) groups is 1. The first-order valence-corrected chi connectivity index (χ1v) is 8.22. The molecule has 3 aromatic rings. The van der Waals surface area contributed by atoms with Crippen LogP contribution in [-0.2, 0) is 11.3 Å². The molecule has 26 heavy (non-hydrogen) atoms. The predicted octanol–water partition coefficient (Wildman–Crippen LogP) is 3.31. The van der Waals surface area contributed by atoms with Crippen LogP contribution in [0.15, 0.2) is 66.9 Å². The Morgan fingerprint density at radius 2 is 1.96 bits per heavy atom. The summed E-state index contributed by atoms with van der Waals surface area (Å²) in [5.41, 5.74) is 2.01. The summed E-state index contributed by atoms with van der Waals surface area (Å²) in [6.07, 6.45) is 5.02. The summed E-state index contributed by atoms with van der Waals surface area (Å²) in [4.78, 5) is 12.1. The molecule has 4 rings (SSSR count). The van der Waals surface area contributed by atoms with Crippen LogP contribution in [0, 0.1) is 0 Å². The van der Waals surface area contributed by atoms with Crippen molar-refractivity contribution in [2.45, 2.75) is 6.54 Å². The smallest absolute Gasteiger partial charge is 0.249 e. The Labute approximate surface area is 150 Å². The second kappa shape index (κ2) is 7.14. The van der Waals surface area contributed by atoms with Crippen molar-refractivity contribution >= 4 is 17.8 Å². The van der Waals surface area contributed by atoms with E-state index in [0.717, 1.165) is 16.9 Å². The van der Waals surface area contributed by atoms with Gasteiger partial charge in [-0.1, -0.05) is 36.4 Å². The molecule has 0 radical (unpaired) electrons. The highest BCUT2D eigenvalue weighted by atomic mass is 16.7. The zero-order valence-corrected chi connectivity index (χ0v) is 14.0. The molecule has 0 fully saturated rings. The van der Waals surface area contributed by atoms with Gasteiger partial charge in [0.15, 0.2) is 17.3 Å². The van der Waals surface area contributed by atoms with E-state index >= 15 is 0 Å². The third-order valence-electron chi connectivity index (χ3n) is 3.90. The molecule has 0 bridgehead atoms. The molecular weight excluding hydrogens is 330 g/mol. The Morgan fingerprint density at radius 1 is 1.12 bits per heavy atom. The monoisotopic (exact) mass is 347 g/mol. The number of amides is 1. The number of nitrogens with zero attached hydrogens (tertiary/aromatic N) is 2. The quantitative estimate of drug-likeness (QED) is 0.719. The minimum absolute atomic E-state index is 0.231. The Balaban J connectivity index is 1.36. The highest BCUT2D eigenvalue weighted by Crippen LogP contribution is 2.32.